The number of hydrogen-bond donors (Lipinski definition) is 3. The average Bonchev–Trinajstić information content (AvgIpc) is 3.36. The number of anilines is 1. The van der Waals surface area contributed by atoms with E-state index in [4.69, 9.17) is 0 Å². The average molecular weight is 402 g/mol. The van der Waals surface area contributed by atoms with Crippen LogP contribution in [0.15, 0.2) is 54.7 Å². The number of carbonyl (C=O) groups is 2. The van der Waals surface area contributed by atoms with Crippen molar-refractivity contribution in [3.05, 3.63) is 65.9 Å². The summed E-state index contributed by atoms with van der Waals surface area (Å²) in [5.74, 6) is -0.423. The Morgan fingerprint density at radius 1 is 1.07 bits per heavy atom. The quantitative estimate of drug-likeness (QED) is 0.577. The Bertz CT molecular complexity index is 1240. The molecule has 7 heteroatoms. The molecule has 3 aromatic rings. The summed E-state index contributed by atoms with van der Waals surface area (Å²) in [5.41, 5.74) is 1.24. The fourth-order valence-electron chi connectivity index (χ4n) is 6.00. The number of benzene rings is 2. The van der Waals surface area contributed by atoms with Gasteiger partial charge in [0.15, 0.2) is 0 Å². The minimum Gasteiger partial charge on any atom is -0.389 e. The molecule has 2 amide bonds. The second-order valence-corrected chi connectivity index (χ2v) is 8.68. The summed E-state index contributed by atoms with van der Waals surface area (Å²) in [7, 11) is 1.61. The number of para-hydroxylation sites is 2. The molecule has 4 heterocycles. The number of H-pyrrole nitrogens is 1. The summed E-state index contributed by atoms with van der Waals surface area (Å²) in [6.45, 7) is 1.69. The Labute approximate surface area is 173 Å². The zero-order valence-electron chi connectivity index (χ0n) is 16.7. The van der Waals surface area contributed by atoms with Crippen molar-refractivity contribution in [2.45, 2.75) is 30.1 Å². The van der Waals surface area contributed by atoms with Gasteiger partial charge in [-0.3, -0.25) is 9.59 Å². The van der Waals surface area contributed by atoms with Crippen molar-refractivity contribution in [3.63, 3.8) is 0 Å². The van der Waals surface area contributed by atoms with E-state index in [1.807, 2.05) is 54.7 Å². The van der Waals surface area contributed by atoms with Crippen LogP contribution in [0.4, 0.5) is 5.69 Å². The second kappa shape index (κ2) is 5.43. The summed E-state index contributed by atoms with van der Waals surface area (Å²) in [6, 6.07) is 15.7. The van der Waals surface area contributed by atoms with Crippen LogP contribution in [0.5, 0.6) is 0 Å². The maximum Gasteiger partial charge on any atom is 0.251 e. The SMILES string of the molecule is CN1CC(=O)N2[C@H]3Nc4ccccc4[C@@]3(c3c[nH]c4ccccc34)[C@H](O)[C@@]2(C)C1=O. The minimum absolute atomic E-state index is 0.000364. The largest absolute Gasteiger partial charge is 0.389 e. The van der Waals surface area contributed by atoms with Crippen LogP contribution in [0.1, 0.15) is 18.1 Å². The zero-order valence-corrected chi connectivity index (χ0v) is 16.7. The Morgan fingerprint density at radius 3 is 2.63 bits per heavy atom. The van der Waals surface area contributed by atoms with Crippen molar-refractivity contribution in [2.24, 2.45) is 0 Å². The number of aromatic amines is 1. The van der Waals surface area contributed by atoms with Gasteiger partial charge in [0.05, 0.1) is 12.0 Å². The van der Waals surface area contributed by atoms with E-state index in [0.717, 1.165) is 27.7 Å². The van der Waals surface area contributed by atoms with Crippen LogP contribution in [0.25, 0.3) is 10.9 Å². The van der Waals surface area contributed by atoms with Crippen LogP contribution >= 0.6 is 0 Å². The molecule has 3 aliphatic heterocycles. The molecule has 0 unspecified atom stereocenters. The number of nitrogens with zero attached hydrogens (tertiary/aromatic N) is 2. The van der Waals surface area contributed by atoms with Crippen molar-refractivity contribution in [3.8, 4) is 0 Å². The molecule has 2 saturated heterocycles. The lowest BCUT2D eigenvalue weighted by molar-refractivity contribution is -0.165. The van der Waals surface area contributed by atoms with Gasteiger partial charge in [0, 0.05) is 29.8 Å². The molecule has 2 fully saturated rings. The number of fused-ring (bicyclic) bond motifs is 6. The van der Waals surface area contributed by atoms with Gasteiger partial charge in [-0.2, -0.15) is 0 Å². The Kier molecular flexibility index (Phi) is 3.17. The topological polar surface area (TPSA) is 88.7 Å². The lowest BCUT2D eigenvalue weighted by Crippen LogP contribution is -2.68. The van der Waals surface area contributed by atoms with Crippen LogP contribution in [-0.4, -0.2) is 63.1 Å². The summed E-state index contributed by atoms with van der Waals surface area (Å²) < 4.78 is 0. The van der Waals surface area contributed by atoms with E-state index in [0.29, 0.717) is 0 Å². The van der Waals surface area contributed by atoms with Crippen molar-refractivity contribution in [1.82, 2.24) is 14.8 Å². The Hall–Kier alpha value is -3.32. The first-order chi connectivity index (χ1) is 14.4. The van der Waals surface area contributed by atoms with Gasteiger partial charge in [-0.1, -0.05) is 36.4 Å². The number of aliphatic hydroxyl groups excluding tert-OH is 1. The van der Waals surface area contributed by atoms with Crippen LogP contribution in [-0.2, 0) is 15.0 Å². The van der Waals surface area contributed by atoms with E-state index in [9.17, 15) is 14.7 Å². The minimum atomic E-state index is -1.37. The highest BCUT2D eigenvalue weighted by Gasteiger charge is 2.74. The maximum absolute atomic E-state index is 13.3. The Morgan fingerprint density at radius 2 is 1.80 bits per heavy atom. The number of rotatable bonds is 1. The van der Waals surface area contributed by atoms with Crippen LogP contribution in [0.3, 0.4) is 0 Å². The van der Waals surface area contributed by atoms with E-state index in [1.165, 1.54) is 4.90 Å². The molecular formula is C23H22N4O3. The lowest BCUT2D eigenvalue weighted by atomic mass is 9.68. The molecule has 1 aromatic heterocycles. The third kappa shape index (κ3) is 1.72. The van der Waals surface area contributed by atoms with E-state index in [1.54, 1.807) is 18.9 Å². The molecule has 0 aliphatic carbocycles. The van der Waals surface area contributed by atoms with E-state index in [2.05, 4.69) is 10.3 Å². The summed E-state index contributed by atoms with van der Waals surface area (Å²) >= 11 is 0. The number of nitrogens with one attached hydrogen (secondary N) is 2. The monoisotopic (exact) mass is 402 g/mol. The van der Waals surface area contributed by atoms with Gasteiger partial charge in [0.25, 0.3) is 5.91 Å². The van der Waals surface area contributed by atoms with Gasteiger partial charge >= 0.3 is 0 Å². The van der Waals surface area contributed by atoms with Crippen molar-refractivity contribution < 1.29 is 14.7 Å². The highest BCUT2D eigenvalue weighted by Crippen LogP contribution is 2.59. The molecule has 6 rings (SSSR count). The number of amides is 2. The number of piperazine rings is 1. The van der Waals surface area contributed by atoms with E-state index >= 15 is 0 Å². The number of hydrogen-bond acceptors (Lipinski definition) is 4. The van der Waals surface area contributed by atoms with Gasteiger partial charge in [-0.05, 0) is 30.2 Å². The summed E-state index contributed by atoms with van der Waals surface area (Å²) in [4.78, 5) is 32.9. The van der Waals surface area contributed by atoms with Crippen LogP contribution in [0.2, 0.25) is 0 Å². The maximum atomic E-state index is 13.3. The first-order valence-electron chi connectivity index (χ1n) is 10.1. The second-order valence-electron chi connectivity index (χ2n) is 8.68. The number of aliphatic hydroxyl groups is 1. The molecule has 152 valence electrons. The van der Waals surface area contributed by atoms with Gasteiger partial charge in [0.1, 0.15) is 17.8 Å². The molecule has 3 aliphatic rings. The first-order valence-corrected chi connectivity index (χ1v) is 10.1. The van der Waals surface area contributed by atoms with Gasteiger partial charge in [-0.15, -0.1) is 0 Å². The molecule has 0 radical (unpaired) electrons. The normalized spacial score (nSPS) is 32.2. The number of aromatic nitrogens is 1. The standard InChI is InChI=1S/C23H22N4O3/c1-22-19(29)23(15-11-24-16-9-5-3-7-13(15)16)14-8-4-6-10-17(14)25-20(23)27(22)18(28)12-26(2)21(22)30/h3-11,19-20,24-25,29H,12H2,1-2H3/t19-,20-,22+,23-/m1/s1. The third-order valence-electron chi connectivity index (χ3n) is 7.27. The fourth-order valence-corrected chi connectivity index (χ4v) is 6.00. The van der Waals surface area contributed by atoms with Crippen molar-refractivity contribution in [2.75, 3.05) is 18.9 Å². The summed E-state index contributed by atoms with van der Waals surface area (Å²) in [6.07, 6.45) is 0.203. The first kappa shape index (κ1) is 17.5. The van der Waals surface area contributed by atoms with Crippen LogP contribution < -0.4 is 5.32 Å². The number of likely N-dealkylation sites (N-methyl/N-ethyl adjacent to an activating group) is 1. The molecule has 30 heavy (non-hydrogen) atoms. The molecular weight excluding hydrogens is 380 g/mol. The van der Waals surface area contributed by atoms with Crippen molar-refractivity contribution >= 4 is 28.4 Å². The smallest absolute Gasteiger partial charge is 0.251 e. The molecule has 0 spiro atoms. The van der Waals surface area contributed by atoms with Gasteiger partial charge in [0.2, 0.25) is 5.91 Å². The molecule has 0 bridgehead atoms. The van der Waals surface area contributed by atoms with E-state index in [-0.39, 0.29) is 18.4 Å². The van der Waals surface area contributed by atoms with Gasteiger partial charge < -0.3 is 25.2 Å². The van der Waals surface area contributed by atoms with Crippen molar-refractivity contribution in [1.29, 1.82) is 0 Å². The van der Waals surface area contributed by atoms with Crippen LogP contribution in [0, 0.1) is 0 Å². The number of carbonyl (C=O) groups excluding carboxylic acids is 2. The predicted octanol–water partition coefficient (Wildman–Crippen LogP) is 1.64. The molecule has 7 nitrogen and oxygen atoms in total. The molecule has 2 aromatic carbocycles. The van der Waals surface area contributed by atoms with E-state index < -0.39 is 23.2 Å². The molecule has 3 N–H and O–H groups in total. The third-order valence-corrected chi connectivity index (χ3v) is 7.27. The molecule has 0 saturated carbocycles. The lowest BCUT2D eigenvalue weighted by Gasteiger charge is -2.44. The Balaban J connectivity index is 1.71. The van der Waals surface area contributed by atoms with Gasteiger partial charge in [-0.25, -0.2) is 0 Å². The highest BCUT2D eigenvalue weighted by atomic mass is 16.3. The highest BCUT2D eigenvalue weighted by molar-refractivity contribution is 6.01. The fraction of sp³-hybridized carbons (Fsp3) is 0.304. The summed E-state index contributed by atoms with van der Waals surface area (Å²) in [5, 5.41) is 16.4. The molecule has 4 atom stereocenters. The zero-order chi connectivity index (χ0) is 20.8. The predicted molar refractivity (Wildman–Crippen MR) is 112 cm³/mol.